The molecule has 0 bridgehead atoms. The van der Waals surface area contributed by atoms with E-state index in [0.29, 0.717) is 11.7 Å². The highest BCUT2D eigenvalue weighted by Gasteiger charge is 2.20. The molecule has 2 N–H and O–H groups in total. The van der Waals surface area contributed by atoms with Crippen LogP contribution >= 0.6 is 0 Å². The van der Waals surface area contributed by atoms with E-state index in [9.17, 15) is 0 Å². The average Bonchev–Trinajstić information content (AvgIpc) is 2.55. The molecule has 0 spiro atoms. The van der Waals surface area contributed by atoms with Crippen molar-refractivity contribution >= 4 is 11.7 Å². The number of nitrogens with zero attached hydrogens (tertiary/aromatic N) is 3. The van der Waals surface area contributed by atoms with Gasteiger partial charge in [-0.15, -0.1) is 0 Å². The van der Waals surface area contributed by atoms with Gasteiger partial charge in [0.2, 0.25) is 0 Å². The molecule has 82 valence electrons. The molecular formula is C10H16N4O. The van der Waals surface area contributed by atoms with E-state index in [0.717, 1.165) is 17.9 Å². The van der Waals surface area contributed by atoms with Crippen molar-refractivity contribution in [2.24, 2.45) is 5.41 Å². The molecule has 0 aliphatic carbocycles. The smallest absolute Gasteiger partial charge is 0.333 e. The highest BCUT2D eigenvalue weighted by molar-refractivity contribution is 5.46. The summed E-state index contributed by atoms with van der Waals surface area (Å²) >= 11 is 0. The van der Waals surface area contributed by atoms with Gasteiger partial charge in [0.05, 0.1) is 5.69 Å². The first-order valence-corrected chi connectivity index (χ1v) is 4.97. The minimum Gasteiger partial charge on any atom is -0.383 e. The summed E-state index contributed by atoms with van der Waals surface area (Å²) in [5.41, 5.74) is 6.83. The summed E-state index contributed by atoms with van der Waals surface area (Å²) in [7, 11) is 0. The lowest BCUT2D eigenvalue weighted by Gasteiger charge is -2.15. The van der Waals surface area contributed by atoms with Gasteiger partial charge >= 0.3 is 5.84 Å². The zero-order valence-corrected chi connectivity index (χ0v) is 9.53. The van der Waals surface area contributed by atoms with Crippen molar-refractivity contribution in [1.82, 2.24) is 14.5 Å². The summed E-state index contributed by atoms with van der Waals surface area (Å²) in [6.07, 6.45) is 0.806. The van der Waals surface area contributed by atoms with E-state index >= 15 is 0 Å². The second-order valence-electron chi connectivity index (χ2n) is 5.04. The maximum atomic E-state index is 5.90. The van der Waals surface area contributed by atoms with Crippen LogP contribution in [0, 0.1) is 12.3 Å². The van der Waals surface area contributed by atoms with Gasteiger partial charge in [-0.2, -0.15) is 4.98 Å². The number of nitrogen functional groups attached to an aromatic ring is 1. The van der Waals surface area contributed by atoms with Crippen LogP contribution in [-0.4, -0.2) is 14.5 Å². The minimum absolute atomic E-state index is 0.147. The SMILES string of the molecule is Cc1nc2onc(CC(C)(C)C)n2c1N. The summed E-state index contributed by atoms with van der Waals surface area (Å²) in [6, 6.07) is 0. The predicted octanol–water partition coefficient (Wildman–Crippen LogP) is 1.80. The van der Waals surface area contributed by atoms with E-state index in [4.69, 9.17) is 10.3 Å². The van der Waals surface area contributed by atoms with Gasteiger partial charge in [0.15, 0.2) is 5.82 Å². The van der Waals surface area contributed by atoms with Gasteiger partial charge in [-0.1, -0.05) is 25.9 Å². The fourth-order valence-electron chi connectivity index (χ4n) is 1.55. The maximum absolute atomic E-state index is 5.90. The molecule has 0 unspecified atom stereocenters. The Bertz CT molecular complexity index is 489. The van der Waals surface area contributed by atoms with Gasteiger partial charge in [0.25, 0.3) is 0 Å². The summed E-state index contributed by atoms with van der Waals surface area (Å²) < 4.78 is 6.90. The summed E-state index contributed by atoms with van der Waals surface area (Å²) in [5.74, 6) is 1.92. The Morgan fingerprint density at radius 1 is 1.40 bits per heavy atom. The number of nitrogens with two attached hydrogens (primary N) is 1. The topological polar surface area (TPSA) is 69.3 Å². The molecule has 2 heterocycles. The Morgan fingerprint density at radius 2 is 2.07 bits per heavy atom. The summed E-state index contributed by atoms with van der Waals surface area (Å²) in [6.45, 7) is 8.30. The Kier molecular flexibility index (Phi) is 1.99. The molecule has 2 aromatic heterocycles. The molecule has 0 amide bonds. The van der Waals surface area contributed by atoms with E-state index in [1.165, 1.54) is 0 Å². The number of hydrogen-bond donors (Lipinski definition) is 1. The number of aryl methyl sites for hydroxylation is 1. The second-order valence-corrected chi connectivity index (χ2v) is 5.04. The summed E-state index contributed by atoms with van der Waals surface area (Å²) in [4.78, 5) is 4.17. The van der Waals surface area contributed by atoms with Crippen molar-refractivity contribution in [2.75, 3.05) is 5.73 Å². The number of hydrogen-bond acceptors (Lipinski definition) is 4. The van der Waals surface area contributed by atoms with Crippen molar-refractivity contribution in [3.63, 3.8) is 0 Å². The molecule has 0 fully saturated rings. The molecule has 0 aliphatic rings. The molecule has 0 aliphatic heterocycles. The van der Waals surface area contributed by atoms with Crippen LogP contribution in [0.2, 0.25) is 0 Å². The van der Waals surface area contributed by atoms with E-state index in [2.05, 4.69) is 30.9 Å². The number of rotatable bonds is 1. The molecule has 15 heavy (non-hydrogen) atoms. The van der Waals surface area contributed by atoms with E-state index in [1.54, 1.807) is 4.40 Å². The number of aromatic nitrogens is 3. The average molecular weight is 208 g/mol. The van der Waals surface area contributed by atoms with E-state index in [1.807, 2.05) is 6.92 Å². The van der Waals surface area contributed by atoms with Crippen LogP contribution in [0.5, 0.6) is 0 Å². The van der Waals surface area contributed by atoms with Gasteiger partial charge in [-0.05, 0) is 12.3 Å². The fourth-order valence-corrected chi connectivity index (χ4v) is 1.55. The Labute approximate surface area is 88.3 Å². The molecule has 0 saturated carbocycles. The third kappa shape index (κ3) is 1.69. The third-order valence-corrected chi connectivity index (χ3v) is 2.25. The molecule has 0 atom stereocenters. The van der Waals surface area contributed by atoms with Crippen LogP contribution in [0.4, 0.5) is 5.82 Å². The molecule has 0 aromatic carbocycles. The normalized spacial score (nSPS) is 12.5. The first kappa shape index (κ1) is 10.0. The quantitative estimate of drug-likeness (QED) is 0.775. The molecule has 5 nitrogen and oxygen atoms in total. The van der Waals surface area contributed by atoms with Crippen LogP contribution < -0.4 is 5.73 Å². The van der Waals surface area contributed by atoms with Crippen molar-refractivity contribution in [1.29, 1.82) is 0 Å². The summed E-state index contributed by atoms with van der Waals surface area (Å²) in [5, 5.41) is 3.99. The molecule has 5 heteroatoms. The van der Waals surface area contributed by atoms with Gasteiger partial charge in [0.1, 0.15) is 5.82 Å². The first-order chi connectivity index (χ1) is 6.88. The first-order valence-electron chi connectivity index (χ1n) is 4.97. The lowest BCUT2D eigenvalue weighted by Crippen LogP contribution is -2.12. The maximum Gasteiger partial charge on any atom is 0.333 e. The van der Waals surface area contributed by atoms with Crippen LogP contribution in [-0.2, 0) is 6.42 Å². The van der Waals surface area contributed by atoms with Crippen LogP contribution in [0.25, 0.3) is 5.84 Å². The largest absolute Gasteiger partial charge is 0.383 e. The van der Waals surface area contributed by atoms with Crippen LogP contribution in [0.1, 0.15) is 32.3 Å². The number of imidazole rings is 1. The van der Waals surface area contributed by atoms with Crippen molar-refractivity contribution in [2.45, 2.75) is 34.1 Å². The van der Waals surface area contributed by atoms with Gasteiger partial charge in [-0.25, -0.2) is 4.40 Å². The molecule has 2 aromatic rings. The Hall–Kier alpha value is -1.52. The standard InChI is InChI=1S/C10H16N4O/c1-6-8(11)14-7(5-10(2,3)4)13-15-9(14)12-6/h5,11H2,1-4H3. The van der Waals surface area contributed by atoms with Gasteiger partial charge in [0, 0.05) is 6.42 Å². The lowest BCUT2D eigenvalue weighted by molar-refractivity contribution is 0.377. The molecule has 0 radical (unpaired) electrons. The lowest BCUT2D eigenvalue weighted by atomic mass is 9.92. The minimum atomic E-state index is 0.147. The van der Waals surface area contributed by atoms with Crippen molar-refractivity contribution in [3.05, 3.63) is 11.5 Å². The fraction of sp³-hybridized carbons (Fsp3) is 0.600. The van der Waals surface area contributed by atoms with Gasteiger partial charge < -0.3 is 10.3 Å². The number of anilines is 1. The zero-order chi connectivity index (χ0) is 11.2. The molecule has 2 rings (SSSR count). The molecular weight excluding hydrogens is 192 g/mol. The van der Waals surface area contributed by atoms with E-state index in [-0.39, 0.29) is 5.41 Å². The van der Waals surface area contributed by atoms with Crippen molar-refractivity contribution in [3.8, 4) is 0 Å². The monoisotopic (exact) mass is 208 g/mol. The van der Waals surface area contributed by atoms with E-state index < -0.39 is 0 Å². The Balaban J connectivity index is 2.52. The second kappa shape index (κ2) is 2.98. The van der Waals surface area contributed by atoms with Crippen LogP contribution in [0.3, 0.4) is 0 Å². The highest BCUT2D eigenvalue weighted by Crippen LogP contribution is 2.23. The number of fused-ring (bicyclic) bond motifs is 1. The molecule has 0 saturated heterocycles. The third-order valence-electron chi connectivity index (χ3n) is 2.25. The highest BCUT2D eigenvalue weighted by atomic mass is 16.5. The zero-order valence-electron chi connectivity index (χ0n) is 9.53. The van der Waals surface area contributed by atoms with Gasteiger partial charge in [-0.3, -0.25) is 0 Å². The Morgan fingerprint density at radius 3 is 2.67 bits per heavy atom. The van der Waals surface area contributed by atoms with Crippen molar-refractivity contribution < 1.29 is 4.52 Å². The predicted molar refractivity (Wildman–Crippen MR) is 57.6 cm³/mol. The van der Waals surface area contributed by atoms with Crippen LogP contribution in [0.15, 0.2) is 4.52 Å².